The molecule has 0 radical (unpaired) electrons. The van der Waals surface area contributed by atoms with Crippen LogP contribution in [0.15, 0.2) is 69.3 Å². The number of thiophene rings is 1. The van der Waals surface area contributed by atoms with Crippen LogP contribution in [0.5, 0.6) is 5.75 Å². The molecule has 0 atom stereocenters. The summed E-state index contributed by atoms with van der Waals surface area (Å²) >= 11 is 5.19. The molecule has 0 saturated carbocycles. The Labute approximate surface area is 189 Å². The number of sulfonamides is 1. The Morgan fingerprint density at radius 3 is 2.52 bits per heavy atom. The molecule has 2 aromatic carbocycles. The van der Waals surface area contributed by atoms with Gasteiger partial charge >= 0.3 is 0 Å². The molecule has 9 heteroatoms. The lowest BCUT2D eigenvalue weighted by molar-refractivity contribution is -0.00000845. The number of primary sulfonamides is 1. The Balaban J connectivity index is 0.00000300. The molecule has 5 nitrogen and oxygen atoms in total. The lowest BCUT2D eigenvalue weighted by atomic mass is 10.1. The van der Waals surface area contributed by atoms with Gasteiger partial charge in [0.15, 0.2) is 0 Å². The molecule has 29 heavy (non-hydrogen) atoms. The number of benzene rings is 2. The zero-order valence-electron chi connectivity index (χ0n) is 15.5. The predicted octanol–water partition coefficient (Wildman–Crippen LogP) is 1.07. The van der Waals surface area contributed by atoms with Crippen LogP contribution >= 0.6 is 27.3 Å². The van der Waals surface area contributed by atoms with Crippen LogP contribution in [0.4, 0.5) is 0 Å². The number of nitrogens with one attached hydrogen (secondary N) is 1. The van der Waals surface area contributed by atoms with Crippen molar-refractivity contribution in [3.63, 3.8) is 0 Å². The molecular weight excluding hydrogens is 496 g/mol. The zero-order valence-corrected chi connectivity index (χ0v) is 19.5. The highest BCUT2D eigenvalue weighted by Crippen LogP contribution is 2.24. The highest BCUT2D eigenvalue weighted by molar-refractivity contribution is 9.10. The van der Waals surface area contributed by atoms with E-state index < -0.39 is 10.0 Å². The maximum Gasteiger partial charge on any atom is 0.238 e. The van der Waals surface area contributed by atoms with Crippen molar-refractivity contribution in [1.82, 2.24) is 5.32 Å². The monoisotopic (exact) mass is 515 g/mol. The standard InChI is InChI=1S/C20H21BrN2O3S2.ClH/c21-17-5-8-20(26-14-18-2-1-11-27-18)16(12-17)13-23-10-9-15-3-6-19(7-4-15)28(22,24)25;/h1-8,11-12,23H,9-10,13-14H2,(H2,22,24,25);1H/p-1. The number of rotatable bonds is 9. The largest absolute Gasteiger partial charge is 1.00 e. The first kappa shape index (κ1) is 23.9. The highest BCUT2D eigenvalue weighted by Gasteiger charge is 2.08. The normalized spacial score (nSPS) is 11.1. The molecule has 0 aliphatic carbocycles. The molecule has 0 saturated heterocycles. The minimum Gasteiger partial charge on any atom is -1.00 e. The summed E-state index contributed by atoms with van der Waals surface area (Å²) in [5.41, 5.74) is 2.12. The smallest absolute Gasteiger partial charge is 0.238 e. The fraction of sp³-hybridized carbons (Fsp3) is 0.200. The number of nitrogens with two attached hydrogens (primary N) is 1. The molecule has 3 rings (SSSR count). The van der Waals surface area contributed by atoms with E-state index in [-0.39, 0.29) is 17.3 Å². The summed E-state index contributed by atoms with van der Waals surface area (Å²) in [5.74, 6) is 0.863. The SMILES string of the molecule is NS(=O)(=O)c1ccc(CCNCc2cc(Br)ccc2OCc2cccs2)cc1.[Cl-]. The van der Waals surface area contributed by atoms with Gasteiger partial charge in [0.2, 0.25) is 10.0 Å². The molecule has 1 heterocycles. The van der Waals surface area contributed by atoms with Gasteiger partial charge in [0.1, 0.15) is 12.4 Å². The molecule has 156 valence electrons. The summed E-state index contributed by atoms with van der Waals surface area (Å²) < 4.78 is 29.6. The van der Waals surface area contributed by atoms with Crippen molar-refractivity contribution < 1.29 is 25.6 Å². The second-order valence-corrected chi connectivity index (χ2v) is 9.75. The van der Waals surface area contributed by atoms with Gasteiger partial charge in [0.25, 0.3) is 0 Å². The van der Waals surface area contributed by atoms with Crippen molar-refractivity contribution in [3.05, 3.63) is 80.5 Å². The van der Waals surface area contributed by atoms with Crippen LogP contribution in [0.1, 0.15) is 16.0 Å². The van der Waals surface area contributed by atoms with E-state index in [9.17, 15) is 8.42 Å². The lowest BCUT2D eigenvalue weighted by Gasteiger charge is -2.12. The second kappa shape index (κ2) is 11.1. The van der Waals surface area contributed by atoms with Crippen molar-refractivity contribution in [1.29, 1.82) is 0 Å². The third-order valence-electron chi connectivity index (χ3n) is 4.13. The Kier molecular flexibility index (Phi) is 9.13. The Bertz CT molecular complexity index is 1010. The molecule has 3 N–H and O–H groups in total. The van der Waals surface area contributed by atoms with Crippen LogP contribution in [0.25, 0.3) is 0 Å². The van der Waals surface area contributed by atoms with E-state index in [1.807, 2.05) is 23.6 Å². The van der Waals surface area contributed by atoms with Crippen molar-refractivity contribution in [3.8, 4) is 5.75 Å². The zero-order chi connectivity index (χ0) is 20.0. The summed E-state index contributed by atoms with van der Waals surface area (Å²) in [5, 5.41) is 10.6. The molecule has 0 aliphatic heterocycles. The third-order valence-corrected chi connectivity index (χ3v) is 6.40. The van der Waals surface area contributed by atoms with Crippen molar-refractivity contribution >= 4 is 37.3 Å². The van der Waals surface area contributed by atoms with Gasteiger partial charge in [-0.1, -0.05) is 34.1 Å². The Morgan fingerprint density at radius 1 is 1.10 bits per heavy atom. The molecule has 0 unspecified atom stereocenters. The first-order valence-corrected chi connectivity index (χ1v) is 11.9. The van der Waals surface area contributed by atoms with Gasteiger partial charge in [-0.15, -0.1) is 11.3 Å². The number of hydrogen-bond acceptors (Lipinski definition) is 5. The van der Waals surface area contributed by atoms with Crippen LogP contribution in [-0.4, -0.2) is 15.0 Å². The predicted molar refractivity (Wildman–Crippen MR) is 116 cm³/mol. The quantitative estimate of drug-likeness (QED) is 0.417. The van der Waals surface area contributed by atoms with Gasteiger partial charge in [-0.3, -0.25) is 0 Å². The highest BCUT2D eigenvalue weighted by atomic mass is 79.9. The lowest BCUT2D eigenvalue weighted by Crippen LogP contribution is -3.00. The van der Waals surface area contributed by atoms with Gasteiger partial charge in [-0.25, -0.2) is 13.6 Å². The van der Waals surface area contributed by atoms with Crippen LogP contribution in [-0.2, 0) is 29.6 Å². The first-order chi connectivity index (χ1) is 13.4. The molecule has 0 aliphatic rings. The Hall–Kier alpha value is -1.42. The minimum absolute atomic E-state index is 0. The second-order valence-electron chi connectivity index (χ2n) is 6.24. The van der Waals surface area contributed by atoms with E-state index >= 15 is 0 Å². The minimum atomic E-state index is -3.64. The fourth-order valence-electron chi connectivity index (χ4n) is 2.67. The number of ether oxygens (including phenoxy) is 1. The van der Waals surface area contributed by atoms with Crippen LogP contribution in [0.2, 0.25) is 0 Å². The van der Waals surface area contributed by atoms with Gasteiger partial charge < -0.3 is 22.5 Å². The summed E-state index contributed by atoms with van der Waals surface area (Å²) in [4.78, 5) is 1.32. The molecular formula is C20H21BrClN2O3S2-. The average Bonchev–Trinajstić information content (AvgIpc) is 3.18. The van der Waals surface area contributed by atoms with Crippen LogP contribution in [0, 0.1) is 0 Å². The number of halogens is 2. The van der Waals surface area contributed by atoms with Crippen molar-refractivity contribution in [2.45, 2.75) is 24.5 Å². The third kappa shape index (κ3) is 7.40. The maximum atomic E-state index is 11.3. The summed E-state index contributed by atoms with van der Waals surface area (Å²) in [6.07, 6.45) is 0.782. The van der Waals surface area contributed by atoms with Gasteiger partial charge in [0, 0.05) is 21.5 Å². The van der Waals surface area contributed by atoms with Gasteiger partial charge in [0.05, 0.1) is 4.90 Å². The molecule has 1 aromatic heterocycles. The van der Waals surface area contributed by atoms with E-state index in [1.54, 1.807) is 23.5 Å². The molecule has 0 amide bonds. The average molecular weight is 517 g/mol. The fourth-order valence-corrected chi connectivity index (χ4v) is 4.21. The molecule has 3 aromatic rings. The number of hydrogen-bond donors (Lipinski definition) is 2. The van der Waals surface area contributed by atoms with Crippen LogP contribution < -0.4 is 27.6 Å². The van der Waals surface area contributed by atoms with Gasteiger partial charge in [-0.05, 0) is 60.3 Å². The molecule has 0 bridgehead atoms. The summed E-state index contributed by atoms with van der Waals surface area (Å²) in [6, 6.07) is 16.7. The topological polar surface area (TPSA) is 81.4 Å². The van der Waals surface area contributed by atoms with E-state index in [2.05, 4.69) is 33.4 Å². The van der Waals surface area contributed by atoms with Crippen LogP contribution in [0.3, 0.4) is 0 Å². The van der Waals surface area contributed by atoms with Gasteiger partial charge in [-0.2, -0.15) is 0 Å². The maximum absolute atomic E-state index is 11.3. The van der Waals surface area contributed by atoms with E-state index in [0.29, 0.717) is 13.2 Å². The molecule has 0 spiro atoms. The Morgan fingerprint density at radius 2 is 1.86 bits per heavy atom. The first-order valence-electron chi connectivity index (χ1n) is 8.68. The van der Waals surface area contributed by atoms with Crippen molar-refractivity contribution in [2.75, 3.05) is 6.54 Å². The van der Waals surface area contributed by atoms with E-state index in [0.717, 1.165) is 34.3 Å². The van der Waals surface area contributed by atoms with E-state index in [1.165, 1.54) is 17.0 Å². The summed E-state index contributed by atoms with van der Waals surface area (Å²) in [6.45, 7) is 1.99. The molecule has 0 fully saturated rings. The van der Waals surface area contributed by atoms with E-state index in [4.69, 9.17) is 9.88 Å². The summed E-state index contributed by atoms with van der Waals surface area (Å²) in [7, 11) is -3.64. The van der Waals surface area contributed by atoms with Crippen molar-refractivity contribution in [2.24, 2.45) is 5.14 Å².